The van der Waals surface area contributed by atoms with Crippen LogP contribution in [-0.4, -0.2) is 28.6 Å². The highest BCUT2D eigenvalue weighted by Gasteiger charge is 2.35. The van der Waals surface area contributed by atoms with E-state index in [4.69, 9.17) is 16.3 Å². The van der Waals surface area contributed by atoms with E-state index in [0.29, 0.717) is 21.2 Å². The van der Waals surface area contributed by atoms with Crippen LogP contribution in [0.15, 0.2) is 77.7 Å². The number of hydrogen-bond donors (Lipinski definition) is 1. The van der Waals surface area contributed by atoms with E-state index >= 15 is 0 Å². The summed E-state index contributed by atoms with van der Waals surface area (Å²) in [6.07, 6.45) is 1.66. The number of carbonyl (C=O) groups is 3. The fourth-order valence-corrected chi connectivity index (χ4v) is 4.73. The zero-order valence-corrected chi connectivity index (χ0v) is 21.4. The van der Waals surface area contributed by atoms with Gasteiger partial charge in [-0.1, -0.05) is 74.0 Å². The van der Waals surface area contributed by atoms with Crippen LogP contribution >= 0.6 is 23.4 Å². The highest BCUT2D eigenvalue weighted by Crippen LogP contribution is 2.34. The maximum Gasteiger partial charge on any atom is 0.293 e. The number of nitrogens with one attached hydrogen (secondary N) is 1. The molecule has 6 nitrogen and oxygen atoms in total. The molecule has 1 heterocycles. The minimum atomic E-state index is -0.358. The first kappa shape index (κ1) is 25.5. The van der Waals surface area contributed by atoms with Crippen LogP contribution in [-0.2, 0) is 16.1 Å². The number of anilines is 1. The van der Waals surface area contributed by atoms with Crippen LogP contribution < -0.4 is 10.1 Å². The molecule has 0 saturated carbocycles. The van der Waals surface area contributed by atoms with E-state index < -0.39 is 0 Å². The van der Waals surface area contributed by atoms with Crippen LogP contribution in [0.5, 0.6) is 5.75 Å². The second-order valence-electron chi connectivity index (χ2n) is 8.51. The van der Waals surface area contributed by atoms with Crippen LogP contribution in [0.2, 0.25) is 5.02 Å². The molecule has 184 valence electrons. The van der Waals surface area contributed by atoms with Crippen molar-refractivity contribution in [2.24, 2.45) is 0 Å². The zero-order valence-electron chi connectivity index (χ0n) is 19.9. The Hall–Kier alpha value is -3.55. The van der Waals surface area contributed by atoms with Gasteiger partial charge in [-0.3, -0.25) is 19.3 Å². The summed E-state index contributed by atoms with van der Waals surface area (Å²) in [6, 6.07) is 21.8. The Bertz CT molecular complexity index is 1320. The van der Waals surface area contributed by atoms with Gasteiger partial charge in [-0.15, -0.1) is 0 Å². The van der Waals surface area contributed by atoms with Gasteiger partial charge in [-0.05, 0) is 64.7 Å². The topological polar surface area (TPSA) is 75.7 Å². The fraction of sp³-hybridized carbons (Fsp3) is 0.179. The highest BCUT2D eigenvalue weighted by atomic mass is 35.5. The lowest BCUT2D eigenvalue weighted by Crippen LogP contribution is -2.27. The van der Waals surface area contributed by atoms with E-state index in [1.165, 1.54) is 4.90 Å². The normalized spacial score (nSPS) is 14.6. The van der Waals surface area contributed by atoms with Crippen molar-refractivity contribution < 1.29 is 19.1 Å². The standard InChI is InChI=1S/C28H25ClN2O4S/c1-18(2)22-8-4-6-10-24(22)30-26(32)17-35-21-13-11-19(12-14-21)15-25-27(33)31(28(34)36-25)16-20-7-3-5-9-23(20)29/h3-15,18H,16-17H2,1-2H3,(H,30,32)/b25-15-. The number of amides is 3. The summed E-state index contributed by atoms with van der Waals surface area (Å²) in [4.78, 5) is 39.1. The van der Waals surface area contributed by atoms with Crippen molar-refractivity contribution in [2.75, 3.05) is 11.9 Å². The number of nitrogens with zero attached hydrogens (tertiary/aromatic N) is 1. The average molecular weight is 521 g/mol. The second-order valence-corrected chi connectivity index (χ2v) is 9.91. The van der Waals surface area contributed by atoms with Gasteiger partial charge < -0.3 is 10.1 Å². The number of benzene rings is 3. The fourth-order valence-electron chi connectivity index (χ4n) is 3.69. The number of imide groups is 1. The molecule has 4 rings (SSSR count). The molecule has 1 fully saturated rings. The quantitative estimate of drug-likeness (QED) is 0.334. The lowest BCUT2D eigenvalue weighted by molar-refractivity contribution is -0.123. The van der Waals surface area contributed by atoms with E-state index in [0.717, 1.165) is 28.6 Å². The molecule has 0 bridgehead atoms. The summed E-state index contributed by atoms with van der Waals surface area (Å²) in [6.45, 7) is 4.13. The van der Waals surface area contributed by atoms with Gasteiger partial charge in [0.15, 0.2) is 6.61 Å². The molecular formula is C28H25ClN2O4S. The van der Waals surface area contributed by atoms with Gasteiger partial charge in [0.1, 0.15) is 5.75 Å². The minimum Gasteiger partial charge on any atom is -0.484 e. The van der Waals surface area contributed by atoms with E-state index in [-0.39, 0.29) is 36.1 Å². The van der Waals surface area contributed by atoms with Gasteiger partial charge in [0.2, 0.25) is 0 Å². The summed E-state index contributed by atoms with van der Waals surface area (Å²) >= 11 is 7.07. The molecule has 0 aliphatic carbocycles. The van der Waals surface area contributed by atoms with E-state index in [9.17, 15) is 14.4 Å². The van der Waals surface area contributed by atoms with Crippen molar-refractivity contribution in [3.63, 3.8) is 0 Å². The first-order chi connectivity index (χ1) is 17.3. The Morgan fingerprint density at radius 1 is 1.03 bits per heavy atom. The van der Waals surface area contributed by atoms with E-state index in [1.807, 2.05) is 30.3 Å². The zero-order chi connectivity index (χ0) is 25.7. The Labute approximate surface area is 219 Å². The summed E-state index contributed by atoms with van der Waals surface area (Å²) < 4.78 is 5.62. The average Bonchev–Trinajstić information content (AvgIpc) is 3.12. The van der Waals surface area contributed by atoms with Crippen molar-refractivity contribution in [1.29, 1.82) is 0 Å². The van der Waals surface area contributed by atoms with Crippen LogP contribution in [0, 0.1) is 0 Å². The van der Waals surface area contributed by atoms with Crippen molar-refractivity contribution in [1.82, 2.24) is 4.90 Å². The molecule has 1 aliphatic heterocycles. The number of rotatable bonds is 8. The predicted molar refractivity (Wildman–Crippen MR) is 144 cm³/mol. The second kappa shape index (κ2) is 11.5. The number of thioether (sulfide) groups is 1. The van der Waals surface area contributed by atoms with Gasteiger partial charge in [0.05, 0.1) is 11.4 Å². The monoisotopic (exact) mass is 520 g/mol. The lowest BCUT2D eigenvalue weighted by atomic mass is 10.0. The smallest absolute Gasteiger partial charge is 0.293 e. The molecule has 0 atom stereocenters. The number of hydrogen-bond acceptors (Lipinski definition) is 5. The van der Waals surface area contributed by atoms with Crippen LogP contribution in [0.4, 0.5) is 10.5 Å². The highest BCUT2D eigenvalue weighted by molar-refractivity contribution is 8.18. The van der Waals surface area contributed by atoms with Crippen molar-refractivity contribution in [3.05, 3.63) is 99.4 Å². The third-order valence-electron chi connectivity index (χ3n) is 5.56. The van der Waals surface area contributed by atoms with Crippen LogP contribution in [0.25, 0.3) is 6.08 Å². The van der Waals surface area contributed by atoms with Gasteiger partial charge in [0, 0.05) is 10.7 Å². The molecule has 0 radical (unpaired) electrons. The van der Waals surface area contributed by atoms with Crippen LogP contribution in [0.1, 0.15) is 36.5 Å². The maximum atomic E-state index is 12.8. The van der Waals surface area contributed by atoms with Crippen molar-refractivity contribution >= 4 is 52.2 Å². The molecule has 0 aromatic heterocycles. The summed E-state index contributed by atoms with van der Waals surface area (Å²) in [5.41, 5.74) is 3.29. The predicted octanol–water partition coefficient (Wildman–Crippen LogP) is 6.72. The van der Waals surface area contributed by atoms with Crippen molar-refractivity contribution in [2.45, 2.75) is 26.3 Å². The lowest BCUT2D eigenvalue weighted by Gasteiger charge is -2.14. The molecule has 3 aromatic rings. The number of halogens is 1. The van der Waals surface area contributed by atoms with Gasteiger partial charge >= 0.3 is 0 Å². The molecule has 0 unspecified atom stereocenters. The van der Waals surface area contributed by atoms with Gasteiger partial charge in [0.25, 0.3) is 17.1 Å². The molecule has 0 spiro atoms. The Morgan fingerprint density at radius 3 is 2.44 bits per heavy atom. The van der Waals surface area contributed by atoms with Crippen molar-refractivity contribution in [3.8, 4) is 5.75 Å². The number of ether oxygens (including phenoxy) is 1. The summed E-state index contributed by atoms with van der Waals surface area (Å²) in [5, 5.41) is 3.07. The largest absolute Gasteiger partial charge is 0.484 e. The molecule has 1 saturated heterocycles. The van der Waals surface area contributed by atoms with Gasteiger partial charge in [-0.25, -0.2) is 0 Å². The maximum absolute atomic E-state index is 12.8. The Kier molecular flexibility index (Phi) is 8.13. The molecule has 36 heavy (non-hydrogen) atoms. The number of para-hydroxylation sites is 1. The number of carbonyl (C=O) groups excluding carboxylic acids is 3. The molecule has 3 amide bonds. The summed E-state index contributed by atoms with van der Waals surface area (Å²) in [7, 11) is 0. The van der Waals surface area contributed by atoms with Crippen LogP contribution in [0.3, 0.4) is 0 Å². The van der Waals surface area contributed by atoms with Gasteiger partial charge in [-0.2, -0.15) is 0 Å². The third-order valence-corrected chi connectivity index (χ3v) is 6.84. The first-order valence-corrected chi connectivity index (χ1v) is 12.6. The molecule has 8 heteroatoms. The Balaban J connectivity index is 1.35. The van der Waals surface area contributed by atoms with E-state index in [1.54, 1.807) is 48.5 Å². The Morgan fingerprint density at radius 2 is 1.72 bits per heavy atom. The molecule has 1 aliphatic rings. The third kappa shape index (κ3) is 6.17. The first-order valence-electron chi connectivity index (χ1n) is 11.4. The molecule has 1 N–H and O–H groups in total. The summed E-state index contributed by atoms with van der Waals surface area (Å²) in [5.74, 6) is 0.196. The van der Waals surface area contributed by atoms with E-state index in [2.05, 4.69) is 19.2 Å². The SMILES string of the molecule is CC(C)c1ccccc1NC(=O)COc1ccc(/C=C2\SC(=O)N(Cc3ccccc3Cl)C2=O)cc1. The minimum absolute atomic E-state index is 0.123. The molecular weight excluding hydrogens is 496 g/mol. The molecule has 3 aromatic carbocycles.